The number of hydrogen-bond donors (Lipinski definition) is 1. The third-order valence-electron chi connectivity index (χ3n) is 5.00. The second-order valence-corrected chi connectivity index (χ2v) is 7.39. The molecule has 4 atom stereocenters. The monoisotopic (exact) mass is 360 g/mol. The number of rotatable bonds is 5. The summed E-state index contributed by atoms with van der Waals surface area (Å²) in [6.07, 6.45) is 0.282. The normalized spacial score (nSPS) is 33.3. The van der Waals surface area contributed by atoms with Crippen LogP contribution >= 0.6 is 0 Å². The van der Waals surface area contributed by atoms with Crippen LogP contribution in [0.1, 0.15) is 26.7 Å². The Labute approximate surface area is 149 Å². The molecule has 2 fully saturated rings. The number of hydrogen-bond acceptors (Lipinski definition) is 7. The summed E-state index contributed by atoms with van der Waals surface area (Å²) >= 11 is 0. The van der Waals surface area contributed by atoms with E-state index in [0.29, 0.717) is 24.4 Å². The van der Waals surface area contributed by atoms with Crippen LogP contribution in [0.3, 0.4) is 0 Å². The predicted octanol–water partition coefficient (Wildman–Crippen LogP) is 1.79. The van der Waals surface area contributed by atoms with Gasteiger partial charge in [-0.2, -0.15) is 0 Å². The van der Waals surface area contributed by atoms with Gasteiger partial charge in [0.15, 0.2) is 5.60 Å². The van der Waals surface area contributed by atoms with Crippen molar-refractivity contribution in [1.29, 1.82) is 0 Å². The lowest BCUT2D eigenvalue weighted by Crippen LogP contribution is -2.29. The zero-order valence-electron chi connectivity index (χ0n) is 14.6. The molecule has 1 aromatic carbocycles. The smallest absolute Gasteiger partial charge is 0.338 e. The molecule has 1 N–H and O–H groups in total. The Bertz CT molecular complexity index is 915. The van der Waals surface area contributed by atoms with Gasteiger partial charge in [0.1, 0.15) is 30.1 Å². The molecular weight excluding hydrogens is 340 g/mol. The van der Waals surface area contributed by atoms with Gasteiger partial charge in [-0.15, -0.1) is 0 Å². The summed E-state index contributed by atoms with van der Waals surface area (Å²) < 4.78 is 21.8. The van der Waals surface area contributed by atoms with E-state index >= 15 is 0 Å². The van der Waals surface area contributed by atoms with Crippen LogP contribution in [-0.2, 0) is 14.3 Å². The molecular formula is C19H20O7. The van der Waals surface area contributed by atoms with Gasteiger partial charge in [0, 0.05) is 30.4 Å². The quantitative estimate of drug-likeness (QED) is 0.493. The minimum atomic E-state index is -1.42. The first-order valence-corrected chi connectivity index (χ1v) is 8.53. The first kappa shape index (κ1) is 17.1. The lowest BCUT2D eigenvalue weighted by atomic mass is 9.94. The summed E-state index contributed by atoms with van der Waals surface area (Å²) in [5.74, 6) is -0.00265. The van der Waals surface area contributed by atoms with Crippen molar-refractivity contribution >= 4 is 16.9 Å². The van der Waals surface area contributed by atoms with Crippen molar-refractivity contribution in [1.82, 2.24) is 0 Å². The third-order valence-corrected chi connectivity index (χ3v) is 5.00. The summed E-state index contributed by atoms with van der Waals surface area (Å²) in [7, 11) is 0. The van der Waals surface area contributed by atoms with Crippen LogP contribution in [0.4, 0.5) is 0 Å². The highest BCUT2D eigenvalue weighted by molar-refractivity contribution is 5.81. The molecule has 0 saturated carbocycles. The maximum absolute atomic E-state index is 11.6. The minimum Gasteiger partial charge on any atom is -0.491 e. The van der Waals surface area contributed by atoms with Crippen LogP contribution in [-0.4, -0.2) is 41.1 Å². The van der Waals surface area contributed by atoms with Gasteiger partial charge in [-0.1, -0.05) is 0 Å². The predicted molar refractivity (Wildman–Crippen MR) is 91.0 cm³/mol. The van der Waals surface area contributed by atoms with Gasteiger partial charge >= 0.3 is 11.6 Å². The van der Waals surface area contributed by atoms with E-state index < -0.39 is 22.8 Å². The summed E-state index contributed by atoms with van der Waals surface area (Å²) in [6, 6.07) is 8.37. The molecule has 138 valence electrons. The Morgan fingerprint density at radius 3 is 2.73 bits per heavy atom. The van der Waals surface area contributed by atoms with Crippen LogP contribution in [0.5, 0.6) is 5.75 Å². The Morgan fingerprint density at radius 1 is 1.23 bits per heavy atom. The molecule has 4 rings (SSSR count). The van der Waals surface area contributed by atoms with E-state index in [1.165, 1.54) is 13.0 Å². The highest BCUT2D eigenvalue weighted by atomic mass is 16.6. The van der Waals surface area contributed by atoms with E-state index in [-0.39, 0.29) is 18.6 Å². The average molecular weight is 360 g/mol. The molecule has 7 heteroatoms. The molecule has 0 amide bonds. The van der Waals surface area contributed by atoms with Crippen LogP contribution < -0.4 is 10.4 Å². The highest BCUT2D eigenvalue weighted by Crippen LogP contribution is 2.43. The van der Waals surface area contributed by atoms with Crippen LogP contribution in [0.15, 0.2) is 39.5 Å². The van der Waals surface area contributed by atoms with Gasteiger partial charge < -0.3 is 23.7 Å². The van der Waals surface area contributed by atoms with Gasteiger partial charge in [0.2, 0.25) is 0 Å². The van der Waals surface area contributed by atoms with E-state index in [1.54, 1.807) is 18.2 Å². The van der Waals surface area contributed by atoms with Crippen molar-refractivity contribution in [3.63, 3.8) is 0 Å². The molecule has 2 aromatic rings. The fraction of sp³-hybridized carbons (Fsp3) is 0.474. The first-order chi connectivity index (χ1) is 12.2. The fourth-order valence-corrected chi connectivity index (χ4v) is 3.40. The molecule has 3 heterocycles. The lowest BCUT2D eigenvalue weighted by Gasteiger charge is -2.13. The van der Waals surface area contributed by atoms with Crippen molar-refractivity contribution < 1.29 is 28.5 Å². The fourth-order valence-electron chi connectivity index (χ4n) is 3.40. The first-order valence-electron chi connectivity index (χ1n) is 8.53. The van der Waals surface area contributed by atoms with Gasteiger partial charge in [-0.25, -0.2) is 9.59 Å². The summed E-state index contributed by atoms with van der Waals surface area (Å²) in [5.41, 5.74) is -1.81. The summed E-state index contributed by atoms with van der Waals surface area (Å²) in [4.78, 5) is 22.9. The van der Waals surface area contributed by atoms with Crippen molar-refractivity contribution in [2.45, 2.75) is 50.1 Å². The molecule has 26 heavy (non-hydrogen) atoms. The van der Waals surface area contributed by atoms with Crippen LogP contribution in [0.25, 0.3) is 11.0 Å². The lowest BCUT2D eigenvalue weighted by molar-refractivity contribution is -0.153. The van der Waals surface area contributed by atoms with Gasteiger partial charge in [-0.3, -0.25) is 0 Å². The molecule has 2 aliphatic rings. The Morgan fingerprint density at radius 2 is 2.00 bits per heavy atom. The second-order valence-electron chi connectivity index (χ2n) is 7.39. The number of epoxide rings is 1. The van der Waals surface area contributed by atoms with Crippen molar-refractivity contribution in [2.75, 3.05) is 6.61 Å². The van der Waals surface area contributed by atoms with E-state index in [4.69, 9.17) is 18.6 Å². The number of benzene rings is 1. The largest absolute Gasteiger partial charge is 0.491 e. The Kier molecular flexibility index (Phi) is 3.82. The van der Waals surface area contributed by atoms with Crippen molar-refractivity contribution in [3.05, 3.63) is 40.8 Å². The number of ether oxygens (including phenoxy) is 3. The molecule has 0 unspecified atom stereocenters. The maximum Gasteiger partial charge on any atom is 0.338 e. The van der Waals surface area contributed by atoms with E-state index in [2.05, 4.69) is 0 Å². The molecule has 0 spiro atoms. The molecule has 7 nitrogen and oxygen atoms in total. The van der Waals surface area contributed by atoms with E-state index in [1.807, 2.05) is 13.0 Å². The molecule has 0 radical (unpaired) electrons. The second kappa shape index (κ2) is 5.82. The van der Waals surface area contributed by atoms with Gasteiger partial charge in [0.05, 0.1) is 5.60 Å². The average Bonchev–Trinajstić information content (AvgIpc) is 3.12. The molecule has 0 bridgehead atoms. The molecule has 0 aliphatic carbocycles. The van der Waals surface area contributed by atoms with Crippen LogP contribution in [0.2, 0.25) is 0 Å². The number of fused-ring (bicyclic) bond motifs is 1. The molecule has 1 aromatic heterocycles. The topological polar surface area (TPSA) is 98.5 Å². The third kappa shape index (κ3) is 3.20. The number of carbonyl (C=O) groups is 1. The SMILES string of the molecule is C[C@@]1(O)C[C@H](C[C@]2(C)O[C@@H]2COc2ccc3ccc(=O)oc3c2)OC1=O. The molecule has 2 aliphatic heterocycles. The van der Waals surface area contributed by atoms with E-state index in [0.717, 1.165) is 5.39 Å². The van der Waals surface area contributed by atoms with Crippen molar-refractivity contribution in [2.24, 2.45) is 0 Å². The van der Waals surface area contributed by atoms with E-state index in [9.17, 15) is 14.7 Å². The number of aliphatic hydroxyl groups is 1. The minimum absolute atomic E-state index is 0.134. The van der Waals surface area contributed by atoms with Crippen LogP contribution in [0, 0.1) is 0 Å². The zero-order chi connectivity index (χ0) is 18.5. The number of cyclic esters (lactones) is 1. The highest BCUT2D eigenvalue weighted by Gasteiger charge is 2.56. The van der Waals surface area contributed by atoms with Crippen molar-refractivity contribution in [3.8, 4) is 5.75 Å². The maximum atomic E-state index is 11.6. The number of esters is 1. The van der Waals surface area contributed by atoms with Gasteiger partial charge in [0.25, 0.3) is 0 Å². The Hall–Kier alpha value is -2.38. The van der Waals surface area contributed by atoms with Gasteiger partial charge in [-0.05, 0) is 32.0 Å². The standard InChI is InChI=1S/C19H20O7/c1-18(22)8-13(24-17(18)21)9-19(2)15(26-19)10-23-12-5-3-11-4-6-16(20)25-14(11)7-12/h3-7,13,15,22H,8-10H2,1-2H3/t13-,15-,18-,19+/m1/s1. The molecule has 2 saturated heterocycles. The number of carbonyl (C=O) groups excluding carboxylic acids is 1. The zero-order valence-corrected chi connectivity index (χ0v) is 14.6. The summed E-state index contributed by atoms with van der Waals surface area (Å²) in [6.45, 7) is 3.72. The summed E-state index contributed by atoms with van der Waals surface area (Å²) in [5, 5.41) is 10.7. The Balaban J connectivity index is 1.35.